The number of hydrogen-bond acceptors (Lipinski definition) is 7. The molecule has 8 heteroatoms. The van der Waals surface area contributed by atoms with E-state index in [4.69, 9.17) is 4.74 Å². The van der Waals surface area contributed by atoms with Gasteiger partial charge in [-0.15, -0.1) is 0 Å². The molecule has 1 fully saturated rings. The lowest BCUT2D eigenvalue weighted by atomic mass is 9.79. The molecule has 1 aromatic rings. The SMILES string of the molecule is COC(=O)[C@@]12NN=C(c3ccccc3[N+](=O)[O-])[C@@H]1CN[C@@H]2C. The summed E-state index contributed by atoms with van der Waals surface area (Å²) in [6.45, 7) is 2.36. The van der Waals surface area contributed by atoms with Crippen LogP contribution in [0.4, 0.5) is 5.69 Å². The van der Waals surface area contributed by atoms with Crippen molar-refractivity contribution in [3.05, 3.63) is 39.9 Å². The molecule has 0 radical (unpaired) electrons. The van der Waals surface area contributed by atoms with Gasteiger partial charge in [0, 0.05) is 18.7 Å². The minimum Gasteiger partial charge on any atom is -0.467 e. The van der Waals surface area contributed by atoms with Crippen LogP contribution in [0, 0.1) is 16.0 Å². The third kappa shape index (κ3) is 1.80. The van der Waals surface area contributed by atoms with E-state index in [9.17, 15) is 14.9 Å². The molecule has 2 heterocycles. The standard InChI is InChI=1S/C14H16N4O4/c1-8-14(13(19)22-2)10(7-15-8)12(16-17-14)9-5-3-4-6-11(9)18(20)21/h3-6,8,10,15,17H,7H2,1-2H3/t8-,10+,14+/m1/s1. The summed E-state index contributed by atoms with van der Waals surface area (Å²) in [5.74, 6) is -0.747. The number of rotatable bonds is 3. The van der Waals surface area contributed by atoms with E-state index in [1.54, 1.807) is 18.2 Å². The molecule has 8 nitrogen and oxygen atoms in total. The van der Waals surface area contributed by atoms with Gasteiger partial charge in [0.1, 0.15) is 0 Å². The summed E-state index contributed by atoms with van der Waals surface area (Å²) in [5, 5.41) is 18.7. The fourth-order valence-corrected chi connectivity index (χ4v) is 3.27. The van der Waals surface area contributed by atoms with Crippen LogP contribution in [0.5, 0.6) is 0 Å². The highest BCUT2D eigenvalue weighted by Gasteiger charge is 2.60. The minimum atomic E-state index is -1.02. The molecule has 0 aromatic heterocycles. The molecule has 0 saturated carbocycles. The third-order valence-corrected chi connectivity index (χ3v) is 4.45. The Kier molecular flexibility index (Phi) is 3.32. The molecule has 0 bridgehead atoms. The van der Waals surface area contributed by atoms with Crippen LogP contribution in [-0.4, -0.2) is 41.8 Å². The zero-order valence-corrected chi connectivity index (χ0v) is 12.2. The monoisotopic (exact) mass is 304 g/mol. The molecular weight excluding hydrogens is 288 g/mol. The zero-order valence-electron chi connectivity index (χ0n) is 12.2. The second kappa shape index (κ2) is 5.06. The number of nitro groups is 1. The van der Waals surface area contributed by atoms with Gasteiger partial charge in [-0.2, -0.15) is 5.10 Å². The van der Waals surface area contributed by atoms with Crippen LogP contribution < -0.4 is 10.7 Å². The van der Waals surface area contributed by atoms with Crippen molar-refractivity contribution in [2.75, 3.05) is 13.7 Å². The van der Waals surface area contributed by atoms with E-state index in [-0.39, 0.29) is 17.6 Å². The number of hydrogen-bond donors (Lipinski definition) is 2. The lowest BCUT2D eigenvalue weighted by molar-refractivity contribution is -0.385. The van der Waals surface area contributed by atoms with Crippen LogP contribution in [0.25, 0.3) is 0 Å². The first kappa shape index (κ1) is 14.5. The first-order valence-electron chi connectivity index (χ1n) is 6.92. The molecule has 2 aliphatic rings. The van der Waals surface area contributed by atoms with Crippen LogP contribution in [0.15, 0.2) is 29.4 Å². The number of nitrogens with one attached hydrogen (secondary N) is 2. The topological polar surface area (TPSA) is 106 Å². The van der Waals surface area contributed by atoms with Gasteiger partial charge in [-0.1, -0.05) is 12.1 Å². The van der Waals surface area contributed by atoms with Gasteiger partial charge in [0.05, 0.1) is 29.2 Å². The molecule has 0 aliphatic carbocycles. The number of methoxy groups -OCH3 is 1. The van der Waals surface area contributed by atoms with Crippen LogP contribution in [-0.2, 0) is 9.53 Å². The maximum absolute atomic E-state index is 12.3. The number of carbonyl (C=O) groups excluding carboxylic acids is 1. The number of ether oxygens (including phenoxy) is 1. The number of esters is 1. The Labute approximate surface area is 126 Å². The number of benzene rings is 1. The van der Waals surface area contributed by atoms with E-state index in [2.05, 4.69) is 15.8 Å². The normalized spacial score (nSPS) is 29.5. The Morgan fingerprint density at radius 3 is 2.91 bits per heavy atom. The molecule has 0 spiro atoms. The quantitative estimate of drug-likeness (QED) is 0.476. The number of nitrogens with zero attached hydrogens (tertiary/aromatic N) is 2. The third-order valence-electron chi connectivity index (χ3n) is 4.45. The van der Waals surface area contributed by atoms with Crippen molar-refractivity contribution in [3.8, 4) is 0 Å². The average molecular weight is 304 g/mol. The predicted molar refractivity (Wildman–Crippen MR) is 78.5 cm³/mol. The van der Waals surface area contributed by atoms with Crippen LogP contribution >= 0.6 is 0 Å². The lowest BCUT2D eigenvalue weighted by Crippen LogP contribution is -2.59. The Morgan fingerprint density at radius 2 is 2.23 bits per heavy atom. The van der Waals surface area contributed by atoms with Gasteiger partial charge in [0.2, 0.25) is 0 Å². The van der Waals surface area contributed by atoms with Crippen molar-refractivity contribution < 1.29 is 14.5 Å². The van der Waals surface area contributed by atoms with Crippen LogP contribution in [0.2, 0.25) is 0 Å². The summed E-state index contributed by atoms with van der Waals surface area (Å²) >= 11 is 0. The van der Waals surface area contributed by atoms with E-state index >= 15 is 0 Å². The summed E-state index contributed by atoms with van der Waals surface area (Å²) in [6, 6.07) is 6.20. The van der Waals surface area contributed by atoms with Gasteiger partial charge in [0.25, 0.3) is 5.69 Å². The average Bonchev–Trinajstić information content (AvgIpc) is 3.05. The van der Waals surface area contributed by atoms with E-state index < -0.39 is 16.4 Å². The summed E-state index contributed by atoms with van der Waals surface area (Å²) in [7, 11) is 1.32. The van der Waals surface area contributed by atoms with Gasteiger partial charge >= 0.3 is 5.97 Å². The van der Waals surface area contributed by atoms with Crippen molar-refractivity contribution in [2.24, 2.45) is 11.0 Å². The van der Waals surface area contributed by atoms with Crippen molar-refractivity contribution in [1.29, 1.82) is 0 Å². The largest absolute Gasteiger partial charge is 0.467 e. The molecule has 0 amide bonds. The first-order valence-corrected chi connectivity index (χ1v) is 6.92. The lowest BCUT2D eigenvalue weighted by Gasteiger charge is -2.29. The fourth-order valence-electron chi connectivity index (χ4n) is 3.27. The van der Waals surface area contributed by atoms with Crippen molar-refractivity contribution >= 4 is 17.4 Å². The van der Waals surface area contributed by atoms with Gasteiger partial charge in [-0.3, -0.25) is 15.5 Å². The number of fused-ring (bicyclic) bond motifs is 1. The summed E-state index contributed by atoms with van der Waals surface area (Å²) in [6.07, 6.45) is 0. The molecule has 0 unspecified atom stereocenters. The number of nitro benzene ring substituents is 1. The van der Waals surface area contributed by atoms with Crippen molar-refractivity contribution in [1.82, 2.24) is 10.7 Å². The fraction of sp³-hybridized carbons (Fsp3) is 0.429. The highest BCUT2D eigenvalue weighted by molar-refractivity contribution is 6.10. The molecule has 1 aromatic carbocycles. The van der Waals surface area contributed by atoms with Crippen LogP contribution in [0.1, 0.15) is 12.5 Å². The van der Waals surface area contributed by atoms with E-state index in [0.717, 1.165) is 0 Å². The van der Waals surface area contributed by atoms with E-state index in [0.29, 0.717) is 17.8 Å². The highest BCUT2D eigenvalue weighted by Crippen LogP contribution is 2.37. The summed E-state index contributed by atoms with van der Waals surface area (Å²) in [4.78, 5) is 23.1. The Morgan fingerprint density at radius 1 is 1.50 bits per heavy atom. The smallest absolute Gasteiger partial charge is 0.335 e. The van der Waals surface area contributed by atoms with E-state index in [1.807, 2.05) is 6.92 Å². The molecule has 2 N–H and O–H groups in total. The Hall–Kier alpha value is -2.48. The first-order chi connectivity index (χ1) is 10.5. The van der Waals surface area contributed by atoms with Crippen molar-refractivity contribution in [2.45, 2.75) is 18.5 Å². The highest BCUT2D eigenvalue weighted by atomic mass is 16.6. The molecule has 3 rings (SSSR count). The molecule has 116 valence electrons. The minimum absolute atomic E-state index is 0.0248. The number of para-hydroxylation sites is 1. The second-order valence-corrected chi connectivity index (χ2v) is 5.43. The van der Waals surface area contributed by atoms with Gasteiger partial charge < -0.3 is 10.1 Å². The van der Waals surface area contributed by atoms with Gasteiger partial charge in [0.15, 0.2) is 5.54 Å². The van der Waals surface area contributed by atoms with E-state index in [1.165, 1.54) is 13.2 Å². The molecule has 2 aliphatic heterocycles. The maximum Gasteiger partial charge on any atom is 0.335 e. The second-order valence-electron chi connectivity index (χ2n) is 5.43. The van der Waals surface area contributed by atoms with Gasteiger partial charge in [-0.25, -0.2) is 4.79 Å². The number of hydrazone groups is 1. The van der Waals surface area contributed by atoms with Crippen molar-refractivity contribution in [3.63, 3.8) is 0 Å². The molecular formula is C14H16N4O4. The number of carbonyl (C=O) groups is 1. The predicted octanol–water partition coefficient (Wildman–Crippen LogP) is 0.422. The zero-order chi connectivity index (χ0) is 15.9. The Balaban J connectivity index is 2.06. The van der Waals surface area contributed by atoms with Crippen LogP contribution in [0.3, 0.4) is 0 Å². The summed E-state index contributed by atoms with van der Waals surface area (Å²) in [5.41, 5.74) is 2.76. The maximum atomic E-state index is 12.3. The molecule has 1 saturated heterocycles. The summed E-state index contributed by atoms with van der Waals surface area (Å²) < 4.78 is 4.92. The molecule has 22 heavy (non-hydrogen) atoms. The molecule has 3 atom stereocenters. The van der Waals surface area contributed by atoms with Gasteiger partial charge in [-0.05, 0) is 13.0 Å². The Bertz CT molecular complexity index is 675.